The fourth-order valence-electron chi connectivity index (χ4n) is 5.21. The lowest BCUT2D eigenvalue weighted by molar-refractivity contribution is -0.118. The first-order valence-corrected chi connectivity index (χ1v) is 11.6. The molecule has 170 valence electrons. The number of anilines is 1. The van der Waals surface area contributed by atoms with Gasteiger partial charge in [0.15, 0.2) is 5.78 Å². The summed E-state index contributed by atoms with van der Waals surface area (Å²) < 4.78 is 0. The lowest BCUT2D eigenvalue weighted by Crippen LogP contribution is -2.45. The van der Waals surface area contributed by atoms with Gasteiger partial charge in [-0.05, 0) is 29.5 Å². The Morgan fingerprint density at radius 3 is 2.06 bits per heavy atom. The number of carbonyl (C=O) groups excluding carboxylic acids is 1. The Morgan fingerprint density at radius 1 is 0.882 bits per heavy atom. The Hall–Kier alpha value is -3.92. The molecule has 4 heteroatoms. The maximum absolute atomic E-state index is 13.8. The summed E-state index contributed by atoms with van der Waals surface area (Å²) in [4.78, 5) is 15.6. The average molecular weight is 449 g/mol. The van der Waals surface area contributed by atoms with Gasteiger partial charge >= 0.3 is 0 Å². The summed E-state index contributed by atoms with van der Waals surface area (Å²) in [5.41, 5.74) is 4.12. The predicted molar refractivity (Wildman–Crippen MR) is 137 cm³/mol. The van der Waals surface area contributed by atoms with Crippen molar-refractivity contribution in [3.8, 4) is 0 Å². The highest BCUT2D eigenvalue weighted by Crippen LogP contribution is 2.51. The standard InChI is InChI=1S/C30H28N2O2/c1-30(2)18-23-26(24(33)19-30)25(20-12-6-3-7-13-20)27(28(34)21-14-8-4-9-15-21)29(31)32(23)22-16-10-5-11-17-22/h3-17,25,31,34H,18-19H2,1-2H3/b28-27+,31-29?/t25-/m0/s1. The zero-order valence-electron chi connectivity index (χ0n) is 19.5. The van der Waals surface area contributed by atoms with E-state index >= 15 is 0 Å². The quantitative estimate of drug-likeness (QED) is 0.429. The molecule has 0 radical (unpaired) electrons. The number of aliphatic hydroxyl groups is 1. The molecule has 0 unspecified atom stereocenters. The molecule has 0 saturated carbocycles. The average Bonchev–Trinajstić information content (AvgIpc) is 2.84. The Labute approximate surface area is 200 Å². The summed E-state index contributed by atoms with van der Waals surface area (Å²) in [6.07, 6.45) is 1.11. The number of rotatable bonds is 3. The number of nitrogens with zero attached hydrogens (tertiary/aromatic N) is 1. The summed E-state index contributed by atoms with van der Waals surface area (Å²) >= 11 is 0. The van der Waals surface area contributed by atoms with Crippen molar-refractivity contribution in [1.29, 1.82) is 5.41 Å². The number of allylic oxidation sites excluding steroid dienone is 2. The van der Waals surface area contributed by atoms with Crippen molar-refractivity contribution < 1.29 is 9.90 Å². The van der Waals surface area contributed by atoms with Crippen molar-refractivity contribution in [2.24, 2.45) is 5.41 Å². The van der Waals surface area contributed by atoms with Gasteiger partial charge in [0.25, 0.3) is 0 Å². The topological polar surface area (TPSA) is 64.4 Å². The summed E-state index contributed by atoms with van der Waals surface area (Å²) in [6, 6.07) is 28.8. The molecule has 0 saturated heterocycles. The highest BCUT2D eigenvalue weighted by molar-refractivity contribution is 6.19. The van der Waals surface area contributed by atoms with E-state index < -0.39 is 5.92 Å². The van der Waals surface area contributed by atoms with Crippen molar-refractivity contribution in [2.75, 3.05) is 4.90 Å². The van der Waals surface area contributed by atoms with Crippen LogP contribution >= 0.6 is 0 Å². The van der Waals surface area contributed by atoms with Crippen LogP contribution in [0.5, 0.6) is 0 Å². The number of hydrogen-bond donors (Lipinski definition) is 2. The van der Waals surface area contributed by atoms with Crippen LogP contribution in [-0.4, -0.2) is 16.7 Å². The molecule has 3 aromatic carbocycles. The number of nitrogens with one attached hydrogen (secondary N) is 1. The lowest BCUT2D eigenvalue weighted by Gasteiger charge is -2.45. The van der Waals surface area contributed by atoms with Crippen LogP contribution < -0.4 is 4.90 Å². The van der Waals surface area contributed by atoms with E-state index in [9.17, 15) is 15.3 Å². The third-order valence-corrected chi connectivity index (χ3v) is 6.67. The number of hydrogen-bond acceptors (Lipinski definition) is 3. The van der Waals surface area contributed by atoms with Gasteiger partial charge in [-0.3, -0.25) is 15.1 Å². The van der Waals surface area contributed by atoms with Crippen LogP contribution in [0.15, 0.2) is 108 Å². The normalized spacial score (nSPS) is 21.4. The molecular weight excluding hydrogens is 420 g/mol. The monoisotopic (exact) mass is 448 g/mol. The molecule has 0 aromatic heterocycles. The molecular formula is C30H28N2O2. The minimum atomic E-state index is -0.507. The van der Waals surface area contributed by atoms with E-state index in [1.54, 1.807) is 0 Å². The number of aliphatic hydroxyl groups excluding tert-OH is 1. The SMILES string of the molecule is CC1(C)CC(=O)C2=C(C1)N(c1ccccc1)C(=N)/C(=C(/O)c1ccccc1)[C@H]2c1ccccc1. The van der Waals surface area contributed by atoms with Gasteiger partial charge in [-0.2, -0.15) is 0 Å². The zero-order valence-corrected chi connectivity index (χ0v) is 19.5. The van der Waals surface area contributed by atoms with Gasteiger partial charge in [-0.1, -0.05) is 92.7 Å². The molecule has 0 spiro atoms. The minimum Gasteiger partial charge on any atom is -0.507 e. The molecule has 4 nitrogen and oxygen atoms in total. The maximum Gasteiger partial charge on any atom is 0.162 e. The van der Waals surface area contributed by atoms with Crippen LogP contribution in [0.2, 0.25) is 0 Å². The van der Waals surface area contributed by atoms with Crippen LogP contribution in [0, 0.1) is 10.8 Å². The lowest BCUT2D eigenvalue weighted by atomic mass is 9.67. The molecule has 1 aliphatic heterocycles. The molecule has 2 N–H and O–H groups in total. The molecule has 0 amide bonds. The van der Waals surface area contributed by atoms with Gasteiger partial charge in [-0.15, -0.1) is 0 Å². The highest BCUT2D eigenvalue weighted by Gasteiger charge is 2.46. The molecule has 1 aliphatic carbocycles. The summed E-state index contributed by atoms with van der Waals surface area (Å²) in [6.45, 7) is 4.21. The minimum absolute atomic E-state index is 0.0320. The van der Waals surface area contributed by atoms with Gasteiger partial charge in [0.05, 0.1) is 0 Å². The van der Waals surface area contributed by atoms with Gasteiger partial charge in [0, 0.05) is 40.4 Å². The third kappa shape index (κ3) is 3.75. The van der Waals surface area contributed by atoms with Crippen LogP contribution in [0.3, 0.4) is 0 Å². The highest BCUT2D eigenvalue weighted by atomic mass is 16.3. The Morgan fingerprint density at radius 2 is 1.44 bits per heavy atom. The second-order valence-electron chi connectivity index (χ2n) is 9.79. The van der Waals surface area contributed by atoms with E-state index in [4.69, 9.17) is 0 Å². The Kier molecular flexibility index (Phi) is 5.45. The van der Waals surface area contributed by atoms with Crippen LogP contribution in [-0.2, 0) is 4.79 Å². The van der Waals surface area contributed by atoms with Crippen molar-refractivity contribution in [1.82, 2.24) is 0 Å². The number of ketones is 1. The zero-order chi connectivity index (χ0) is 23.9. The fraction of sp³-hybridized carbons (Fsp3) is 0.200. The second-order valence-corrected chi connectivity index (χ2v) is 9.79. The molecule has 1 heterocycles. The number of carbonyl (C=O) groups is 1. The first kappa shape index (κ1) is 21.9. The van der Waals surface area contributed by atoms with Crippen molar-refractivity contribution in [2.45, 2.75) is 32.6 Å². The summed E-state index contributed by atoms with van der Waals surface area (Å²) in [5.74, 6) is -0.199. The van der Waals surface area contributed by atoms with Crippen LogP contribution in [0.25, 0.3) is 5.76 Å². The largest absolute Gasteiger partial charge is 0.507 e. The number of para-hydroxylation sites is 1. The van der Waals surface area contributed by atoms with Gasteiger partial charge in [-0.25, -0.2) is 0 Å². The summed E-state index contributed by atoms with van der Waals surface area (Å²) in [7, 11) is 0. The predicted octanol–water partition coefficient (Wildman–Crippen LogP) is 6.88. The molecule has 0 fully saturated rings. The maximum atomic E-state index is 13.8. The molecule has 2 aliphatic rings. The molecule has 1 atom stereocenters. The molecule has 5 rings (SSSR count). The van der Waals surface area contributed by atoms with Gasteiger partial charge < -0.3 is 5.11 Å². The van der Waals surface area contributed by atoms with E-state index in [0.717, 1.165) is 16.9 Å². The Balaban J connectivity index is 1.85. The number of amidine groups is 1. The van der Waals surface area contributed by atoms with Crippen molar-refractivity contribution in [3.05, 3.63) is 119 Å². The Bertz CT molecular complexity index is 1310. The smallest absolute Gasteiger partial charge is 0.162 e. The van der Waals surface area contributed by atoms with Crippen LogP contribution in [0.1, 0.15) is 43.7 Å². The number of Topliss-reactive ketones (excluding diaryl/α,β-unsaturated/α-hetero) is 1. The molecule has 0 bridgehead atoms. The van der Waals surface area contributed by atoms with Gasteiger partial charge in [0.1, 0.15) is 11.6 Å². The van der Waals surface area contributed by atoms with E-state index in [0.29, 0.717) is 29.6 Å². The van der Waals surface area contributed by atoms with E-state index in [2.05, 4.69) is 13.8 Å². The van der Waals surface area contributed by atoms with Gasteiger partial charge in [0.2, 0.25) is 0 Å². The van der Waals surface area contributed by atoms with Crippen molar-refractivity contribution >= 4 is 23.1 Å². The van der Waals surface area contributed by atoms with E-state index in [1.807, 2.05) is 95.9 Å². The fourth-order valence-corrected chi connectivity index (χ4v) is 5.21. The first-order chi connectivity index (χ1) is 16.4. The third-order valence-electron chi connectivity index (χ3n) is 6.67. The first-order valence-electron chi connectivity index (χ1n) is 11.6. The summed E-state index contributed by atoms with van der Waals surface area (Å²) in [5, 5.41) is 21.0. The van der Waals surface area contributed by atoms with E-state index in [-0.39, 0.29) is 22.8 Å². The van der Waals surface area contributed by atoms with E-state index in [1.165, 1.54) is 0 Å². The second kappa shape index (κ2) is 8.45. The number of benzene rings is 3. The van der Waals surface area contributed by atoms with Crippen LogP contribution in [0.4, 0.5) is 5.69 Å². The molecule has 34 heavy (non-hydrogen) atoms. The molecule has 3 aromatic rings. The van der Waals surface area contributed by atoms with Crippen molar-refractivity contribution in [3.63, 3.8) is 0 Å².